The summed E-state index contributed by atoms with van der Waals surface area (Å²) in [5.74, 6) is -0.676. The maximum absolute atomic E-state index is 11.8. The monoisotopic (exact) mass is 257 g/mol. The molecule has 1 aromatic heterocycles. The molecule has 2 N–H and O–H groups in total. The highest BCUT2D eigenvalue weighted by Crippen LogP contribution is 2.12. The Hall–Kier alpha value is -1.11. The zero-order chi connectivity index (χ0) is 13.2. The number of aromatic nitrogens is 1. The summed E-state index contributed by atoms with van der Waals surface area (Å²) in [7, 11) is -1.81. The summed E-state index contributed by atoms with van der Waals surface area (Å²) < 4.78 is 5.11. The third-order valence-corrected chi connectivity index (χ3v) is 2.01. The molecule has 0 unspecified atom stereocenters. The summed E-state index contributed by atoms with van der Waals surface area (Å²) in [6.07, 6.45) is 1.16. The van der Waals surface area contributed by atoms with Gasteiger partial charge in [0.15, 0.2) is 0 Å². The minimum Gasteiger partial charge on any atom is -0.456 e. The largest absolute Gasteiger partial charge is 0.489 e. The average Bonchev–Trinajstić information content (AvgIpc) is 2.14. The number of pyridine rings is 1. The van der Waals surface area contributed by atoms with Crippen molar-refractivity contribution in [1.29, 1.82) is 0 Å². The highest BCUT2D eigenvalue weighted by atomic mass is 35.5. The molecule has 1 heterocycles. The van der Waals surface area contributed by atoms with Gasteiger partial charge in [0, 0.05) is 11.7 Å². The van der Waals surface area contributed by atoms with Crippen LogP contribution in [0, 0.1) is 0 Å². The number of esters is 1. The van der Waals surface area contributed by atoms with Crippen LogP contribution in [0.3, 0.4) is 0 Å². The summed E-state index contributed by atoms with van der Waals surface area (Å²) in [4.78, 5) is 15.5. The molecule has 0 amide bonds. The van der Waals surface area contributed by atoms with E-state index in [1.165, 1.54) is 6.07 Å². The minimum absolute atomic E-state index is 0.0145. The first-order chi connectivity index (χ1) is 7.70. The Kier molecular flexibility index (Phi) is 4.14. The average molecular weight is 257 g/mol. The lowest BCUT2D eigenvalue weighted by Gasteiger charge is -2.20. The fourth-order valence-corrected chi connectivity index (χ4v) is 1.33. The van der Waals surface area contributed by atoms with Crippen molar-refractivity contribution in [2.24, 2.45) is 0 Å². The zero-order valence-corrected chi connectivity index (χ0v) is 10.5. The SMILES string of the molecule is CC(C)(C)OC(=O)c1cnc(Cl)cc1B(O)O. The van der Waals surface area contributed by atoms with Crippen LogP contribution in [0.4, 0.5) is 0 Å². The van der Waals surface area contributed by atoms with Gasteiger partial charge < -0.3 is 14.8 Å². The molecular formula is C10H13BClNO4. The number of hydrogen-bond acceptors (Lipinski definition) is 5. The van der Waals surface area contributed by atoms with Crippen molar-refractivity contribution >= 4 is 30.2 Å². The summed E-state index contributed by atoms with van der Waals surface area (Å²) >= 11 is 5.61. The maximum Gasteiger partial charge on any atom is 0.489 e. The Morgan fingerprint density at radius 3 is 2.53 bits per heavy atom. The van der Waals surface area contributed by atoms with E-state index < -0.39 is 18.7 Å². The van der Waals surface area contributed by atoms with Crippen LogP contribution >= 0.6 is 11.6 Å². The Morgan fingerprint density at radius 1 is 1.47 bits per heavy atom. The van der Waals surface area contributed by atoms with Crippen molar-refractivity contribution in [2.75, 3.05) is 0 Å². The number of carbonyl (C=O) groups is 1. The van der Waals surface area contributed by atoms with Crippen LogP contribution in [0.15, 0.2) is 12.3 Å². The number of halogens is 1. The van der Waals surface area contributed by atoms with Gasteiger partial charge in [-0.05, 0) is 26.8 Å². The summed E-state index contributed by atoms with van der Waals surface area (Å²) in [5, 5.41) is 18.3. The smallest absolute Gasteiger partial charge is 0.456 e. The van der Waals surface area contributed by atoms with Crippen molar-refractivity contribution in [3.8, 4) is 0 Å². The summed E-state index contributed by atoms with van der Waals surface area (Å²) in [5.41, 5.74) is -0.715. The van der Waals surface area contributed by atoms with Crippen molar-refractivity contribution in [2.45, 2.75) is 26.4 Å². The van der Waals surface area contributed by atoms with E-state index in [1.807, 2.05) is 0 Å². The molecule has 0 saturated heterocycles. The van der Waals surface area contributed by atoms with Gasteiger partial charge in [-0.1, -0.05) is 11.6 Å². The van der Waals surface area contributed by atoms with Crippen LogP contribution in [-0.2, 0) is 4.74 Å². The molecule has 0 aliphatic carbocycles. The number of carbonyl (C=O) groups excluding carboxylic acids is 1. The lowest BCUT2D eigenvalue weighted by Crippen LogP contribution is -2.37. The van der Waals surface area contributed by atoms with E-state index in [9.17, 15) is 4.79 Å². The summed E-state index contributed by atoms with van der Waals surface area (Å²) in [6, 6.07) is 1.21. The zero-order valence-electron chi connectivity index (χ0n) is 9.77. The molecule has 0 spiro atoms. The highest BCUT2D eigenvalue weighted by molar-refractivity contribution is 6.60. The third-order valence-electron chi connectivity index (χ3n) is 1.80. The number of hydrogen-bond donors (Lipinski definition) is 2. The van der Waals surface area contributed by atoms with E-state index in [0.717, 1.165) is 6.20 Å². The highest BCUT2D eigenvalue weighted by Gasteiger charge is 2.25. The molecule has 1 aromatic rings. The van der Waals surface area contributed by atoms with Crippen molar-refractivity contribution in [1.82, 2.24) is 4.98 Å². The van der Waals surface area contributed by atoms with Crippen LogP contribution < -0.4 is 5.46 Å². The molecule has 0 saturated carbocycles. The minimum atomic E-state index is -1.81. The number of ether oxygens (including phenoxy) is 1. The van der Waals surface area contributed by atoms with E-state index in [2.05, 4.69) is 4.98 Å². The predicted octanol–water partition coefficient (Wildman–Crippen LogP) is 0.370. The summed E-state index contributed by atoms with van der Waals surface area (Å²) in [6.45, 7) is 5.13. The second kappa shape index (κ2) is 5.04. The van der Waals surface area contributed by atoms with Crippen molar-refractivity contribution < 1.29 is 19.6 Å². The first kappa shape index (κ1) is 14.0. The molecule has 0 atom stereocenters. The Bertz CT molecular complexity index is 431. The number of rotatable bonds is 2. The van der Waals surface area contributed by atoms with Crippen molar-refractivity contribution in [3.63, 3.8) is 0 Å². The second-order valence-corrected chi connectivity index (χ2v) is 4.86. The first-order valence-corrected chi connectivity index (χ1v) is 5.33. The standard InChI is InChI=1S/C10H13BClNO4/c1-10(2,3)17-9(14)6-5-13-8(12)4-7(6)11(15)16/h4-5,15-16H,1-3H3. The molecule has 17 heavy (non-hydrogen) atoms. The predicted molar refractivity (Wildman–Crippen MR) is 64.2 cm³/mol. The van der Waals surface area contributed by atoms with Crippen LogP contribution in [0.2, 0.25) is 5.15 Å². The maximum atomic E-state index is 11.8. The van der Waals surface area contributed by atoms with Crippen LogP contribution in [0.1, 0.15) is 31.1 Å². The fourth-order valence-electron chi connectivity index (χ4n) is 1.16. The third kappa shape index (κ3) is 4.00. The topological polar surface area (TPSA) is 79.7 Å². The van der Waals surface area contributed by atoms with Crippen LogP contribution in [0.5, 0.6) is 0 Å². The molecule has 0 fully saturated rings. The molecule has 92 valence electrons. The van der Waals surface area contributed by atoms with Gasteiger partial charge in [-0.2, -0.15) is 0 Å². The normalized spacial score (nSPS) is 11.2. The Balaban J connectivity index is 3.09. The molecule has 1 rings (SSSR count). The van der Waals surface area contributed by atoms with E-state index in [0.29, 0.717) is 0 Å². The van der Waals surface area contributed by atoms with E-state index in [-0.39, 0.29) is 16.2 Å². The van der Waals surface area contributed by atoms with Gasteiger partial charge >= 0.3 is 13.1 Å². The fraction of sp³-hybridized carbons (Fsp3) is 0.400. The van der Waals surface area contributed by atoms with Gasteiger partial charge in [0.25, 0.3) is 0 Å². The lowest BCUT2D eigenvalue weighted by molar-refractivity contribution is 0.00701. The molecule has 0 aliphatic heterocycles. The quantitative estimate of drug-likeness (QED) is 0.455. The van der Waals surface area contributed by atoms with Crippen LogP contribution in [0.25, 0.3) is 0 Å². The number of nitrogens with zero attached hydrogens (tertiary/aromatic N) is 1. The molecule has 0 aliphatic rings. The van der Waals surface area contributed by atoms with Crippen LogP contribution in [-0.4, -0.2) is 33.7 Å². The van der Waals surface area contributed by atoms with E-state index >= 15 is 0 Å². The van der Waals surface area contributed by atoms with E-state index in [1.54, 1.807) is 20.8 Å². The second-order valence-electron chi connectivity index (χ2n) is 4.47. The molecule has 5 nitrogen and oxygen atoms in total. The Labute approximate surface area is 105 Å². The van der Waals surface area contributed by atoms with E-state index in [4.69, 9.17) is 26.4 Å². The molecule has 0 radical (unpaired) electrons. The van der Waals surface area contributed by atoms with Gasteiger partial charge in [0.2, 0.25) is 0 Å². The molecular weight excluding hydrogens is 244 g/mol. The van der Waals surface area contributed by atoms with Gasteiger partial charge in [-0.25, -0.2) is 9.78 Å². The van der Waals surface area contributed by atoms with Gasteiger partial charge in [-0.3, -0.25) is 0 Å². The first-order valence-electron chi connectivity index (χ1n) is 4.95. The lowest BCUT2D eigenvalue weighted by atomic mass is 9.78. The molecule has 0 aromatic carbocycles. The van der Waals surface area contributed by atoms with Gasteiger partial charge in [-0.15, -0.1) is 0 Å². The molecule has 0 bridgehead atoms. The Morgan fingerprint density at radius 2 is 2.06 bits per heavy atom. The van der Waals surface area contributed by atoms with Gasteiger partial charge in [0.05, 0.1) is 5.56 Å². The molecule has 7 heteroatoms. The van der Waals surface area contributed by atoms with Crippen molar-refractivity contribution in [3.05, 3.63) is 23.0 Å². The van der Waals surface area contributed by atoms with Gasteiger partial charge in [0.1, 0.15) is 10.8 Å².